The predicted octanol–water partition coefficient (Wildman–Crippen LogP) is 2.62. The Morgan fingerprint density at radius 1 is 1.44 bits per heavy atom. The average Bonchev–Trinajstić information content (AvgIpc) is 2.30. The molecule has 0 fully saturated rings. The van der Waals surface area contributed by atoms with Crippen LogP contribution in [0.2, 0.25) is 0 Å². The summed E-state index contributed by atoms with van der Waals surface area (Å²) in [5.74, 6) is -0.280. The lowest BCUT2D eigenvalue weighted by Crippen LogP contribution is -2.03. The number of carbonyl (C=O) groups excluding carboxylic acids is 1. The molecule has 0 atom stereocenters. The molecule has 1 aromatic rings. The van der Waals surface area contributed by atoms with Gasteiger partial charge in [-0.15, -0.1) is 0 Å². The van der Waals surface area contributed by atoms with Gasteiger partial charge in [0.2, 0.25) is 4.91 Å². The molecule has 0 aromatic heterocycles. The Kier molecular flexibility index (Phi) is 6.94. The maximum absolute atomic E-state index is 11.2. The Hall–Kier alpha value is -2.26. The summed E-state index contributed by atoms with van der Waals surface area (Å²) >= 11 is 0. The summed E-state index contributed by atoms with van der Waals surface area (Å²) in [5, 5.41) is 0. The molecule has 0 radical (unpaired) electrons. The standard InChI is InChI=1S/C11H12O2.H2N3/c1-3-9-5-7-10(8-6-9)11(12)13-4-2;1-3-2/h3,5-8H,1,4H2,2H3;1-2H/q;+1. The third-order valence-corrected chi connectivity index (χ3v) is 1.66. The molecule has 0 unspecified atom stereocenters. The van der Waals surface area contributed by atoms with Gasteiger partial charge in [-0.3, -0.25) is 0 Å². The van der Waals surface area contributed by atoms with Gasteiger partial charge in [-0.2, -0.15) is 0 Å². The molecule has 1 rings (SSSR count). The molecule has 0 saturated heterocycles. The van der Waals surface area contributed by atoms with E-state index in [0.717, 1.165) is 5.56 Å². The van der Waals surface area contributed by atoms with E-state index in [9.17, 15) is 4.79 Å². The highest BCUT2D eigenvalue weighted by Crippen LogP contribution is 2.06. The van der Waals surface area contributed by atoms with Gasteiger partial charge in [-0.05, 0) is 24.6 Å². The fourth-order valence-electron chi connectivity index (χ4n) is 0.970. The molecule has 0 heterocycles. The number of hydrogen-bond donors (Lipinski definition) is 2. The molecule has 0 aliphatic carbocycles. The minimum atomic E-state index is -0.280. The van der Waals surface area contributed by atoms with Crippen molar-refractivity contribution in [3.05, 3.63) is 42.0 Å². The summed E-state index contributed by atoms with van der Waals surface area (Å²) in [6, 6.07) is 7.13. The third kappa shape index (κ3) is 4.83. The maximum Gasteiger partial charge on any atom is 0.338 e. The van der Waals surface area contributed by atoms with E-state index >= 15 is 0 Å². The van der Waals surface area contributed by atoms with Gasteiger partial charge in [0.25, 0.3) is 0 Å². The Bertz CT molecular complexity index is 379. The van der Waals surface area contributed by atoms with Gasteiger partial charge in [0, 0.05) is 0 Å². The number of ether oxygens (including phenoxy) is 1. The van der Waals surface area contributed by atoms with E-state index in [0.29, 0.717) is 12.2 Å². The maximum atomic E-state index is 11.2. The lowest BCUT2D eigenvalue weighted by Gasteiger charge is -2.01. The first-order valence-corrected chi connectivity index (χ1v) is 4.62. The van der Waals surface area contributed by atoms with Crippen molar-refractivity contribution in [3.8, 4) is 0 Å². The molecular formula is C11H14N3O2+. The van der Waals surface area contributed by atoms with Crippen molar-refractivity contribution in [2.45, 2.75) is 6.92 Å². The Balaban J connectivity index is 0.000000673. The van der Waals surface area contributed by atoms with Crippen LogP contribution in [0.4, 0.5) is 0 Å². The molecular weight excluding hydrogens is 206 g/mol. The first-order valence-electron chi connectivity index (χ1n) is 4.62. The molecule has 0 saturated carbocycles. The lowest BCUT2D eigenvalue weighted by atomic mass is 10.1. The summed E-state index contributed by atoms with van der Waals surface area (Å²) in [6.45, 7) is 5.82. The van der Waals surface area contributed by atoms with Crippen LogP contribution >= 0.6 is 0 Å². The van der Waals surface area contributed by atoms with Crippen LogP contribution in [0.25, 0.3) is 6.08 Å². The van der Waals surface area contributed by atoms with Crippen LogP contribution in [-0.2, 0) is 4.74 Å². The van der Waals surface area contributed by atoms with E-state index in [1.165, 1.54) is 0 Å². The number of nitrogens with zero attached hydrogens (tertiary/aromatic N) is 1. The molecule has 0 amide bonds. The van der Waals surface area contributed by atoms with Crippen molar-refractivity contribution in [1.82, 2.24) is 4.91 Å². The molecule has 5 heteroatoms. The van der Waals surface area contributed by atoms with Crippen LogP contribution in [0.3, 0.4) is 0 Å². The Labute approximate surface area is 93.8 Å². The van der Waals surface area contributed by atoms with E-state index in [1.54, 1.807) is 25.1 Å². The lowest BCUT2D eigenvalue weighted by molar-refractivity contribution is 0.0526. The van der Waals surface area contributed by atoms with Gasteiger partial charge in [0.1, 0.15) is 11.1 Å². The molecule has 0 spiro atoms. The van der Waals surface area contributed by atoms with E-state index < -0.39 is 0 Å². The second-order valence-electron chi connectivity index (χ2n) is 2.66. The highest BCUT2D eigenvalue weighted by Gasteiger charge is 2.03. The molecule has 0 bridgehead atoms. The summed E-state index contributed by atoms with van der Waals surface area (Å²) < 4.78 is 4.84. The summed E-state index contributed by atoms with van der Waals surface area (Å²) in [4.78, 5) is 13.2. The van der Waals surface area contributed by atoms with E-state index in [-0.39, 0.29) is 5.97 Å². The second kappa shape index (κ2) is 8.08. The summed E-state index contributed by atoms with van der Waals surface area (Å²) in [6.07, 6.45) is 1.73. The SMILES string of the molecule is C=Cc1ccc(C(=O)OCC)cc1.N=[N+]=N. The number of esters is 1. The van der Waals surface area contributed by atoms with Crippen LogP contribution in [0, 0.1) is 11.1 Å². The van der Waals surface area contributed by atoms with Gasteiger partial charge in [-0.25, -0.2) is 4.79 Å². The zero-order valence-corrected chi connectivity index (χ0v) is 9.06. The van der Waals surface area contributed by atoms with E-state index in [4.69, 9.17) is 15.8 Å². The molecule has 16 heavy (non-hydrogen) atoms. The topological polar surface area (TPSA) is 88.1 Å². The fourth-order valence-corrected chi connectivity index (χ4v) is 0.970. The monoisotopic (exact) mass is 220 g/mol. The number of benzene rings is 1. The summed E-state index contributed by atoms with van der Waals surface area (Å²) in [7, 11) is 0. The van der Waals surface area contributed by atoms with E-state index in [2.05, 4.69) is 6.58 Å². The van der Waals surface area contributed by atoms with E-state index in [1.807, 2.05) is 17.0 Å². The predicted molar refractivity (Wildman–Crippen MR) is 60.1 cm³/mol. The quantitative estimate of drug-likeness (QED) is 0.466. The van der Waals surface area contributed by atoms with Gasteiger partial charge in [0.05, 0.1) is 12.2 Å². The fraction of sp³-hybridized carbons (Fsp3) is 0.182. The molecule has 0 aliphatic rings. The van der Waals surface area contributed by atoms with Crippen LogP contribution in [0.1, 0.15) is 22.8 Å². The molecule has 84 valence electrons. The zero-order chi connectivity index (χ0) is 12.4. The van der Waals surface area contributed by atoms with Crippen molar-refractivity contribution in [2.24, 2.45) is 0 Å². The Morgan fingerprint density at radius 2 is 1.94 bits per heavy atom. The zero-order valence-electron chi connectivity index (χ0n) is 9.06. The van der Waals surface area contributed by atoms with Crippen molar-refractivity contribution in [3.63, 3.8) is 0 Å². The van der Waals surface area contributed by atoms with Gasteiger partial charge < -0.3 is 4.74 Å². The third-order valence-electron chi connectivity index (χ3n) is 1.66. The summed E-state index contributed by atoms with van der Waals surface area (Å²) in [5.41, 5.74) is 12.6. The average molecular weight is 220 g/mol. The molecule has 0 aliphatic heterocycles. The van der Waals surface area contributed by atoms with Crippen molar-refractivity contribution >= 4 is 12.0 Å². The van der Waals surface area contributed by atoms with Crippen LogP contribution in [-0.4, -0.2) is 12.6 Å². The highest BCUT2D eigenvalue weighted by molar-refractivity contribution is 5.89. The Morgan fingerprint density at radius 3 is 2.31 bits per heavy atom. The second-order valence-corrected chi connectivity index (χ2v) is 2.66. The number of hydrogen-bond acceptors (Lipinski definition) is 4. The highest BCUT2D eigenvalue weighted by atomic mass is 16.5. The normalized spacial score (nSPS) is 8.06. The number of nitrogens with one attached hydrogen (secondary N) is 2. The van der Waals surface area contributed by atoms with Gasteiger partial charge in [0.15, 0.2) is 0 Å². The van der Waals surface area contributed by atoms with Crippen molar-refractivity contribution < 1.29 is 9.53 Å². The first-order chi connectivity index (χ1) is 7.69. The smallest absolute Gasteiger partial charge is 0.338 e. The number of rotatable bonds is 3. The van der Waals surface area contributed by atoms with Gasteiger partial charge in [-0.1, -0.05) is 24.8 Å². The molecule has 1 aromatic carbocycles. The van der Waals surface area contributed by atoms with Crippen LogP contribution in [0.15, 0.2) is 30.8 Å². The molecule has 2 N–H and O–H groups in total. The molecule has 5 nitrogen and oxygen atoms in total. The first kappa shape index (κ1) is 13.7. The van der Waals surface area contributed by atoms with Crippen molar-refractivity contribution in [1.29, 1.82) is 11.1 Å². The minimum Gasteiger partial charge on any atom is -0.462 e. The van der Waals surface area contributed by atoms with Crippen LogP contribution < -0.4 is 4.91 Å². The van der Waals surface area contributed by atoms with Crippen molar-refractivity contribution in [2.75, 3.05) is 6.61 Å². The van der Waals surface area contributed by atoms with Crippen LogP contribution in [0.5, 0.6) is 0 Å². The number of carbonyl (C=O) groups is 1. The van der Waals surface area contributed by atoms with Gasteiger partial charge >= 0.3 is 5.97 Å². The minimum absolute atomic E-state index is 0.280. The largest absolute Gasteiger partial charge is 0.462 e.